The van der Waals surface area contributed by atoms with Crippen molar-refractivity contribution in [3.8, 4) is 5.75 Å². The predicted molar refractivity (Wildman–Crippen MR) is 67.7 cm³/mol. The zero-order chi connectivity index (χ0) is 13.6. The van der Waals surface area contributed by atoms with Crippen LogP contribution in [0.2, 0.25) is 0 Å². The van der Waals surface area contributed by atoms with Crippen molar-refractivity contribution in [2.24, 2.45) is 17.8 Å². The van der Waals surface area contributed by atoms with E-state index in [9.17, 15) is 20.0 Å². The van der Waals surface area contributed by atoms with Gasteiger partial charge in [0.25, 0.3) is 0 Å². The van der Waals surface area contributed by atoms with Gasteiger partial charge < -0.3 is 10.4 Å². The number of nitro benzene ring substituents is 1. The molecule has 0 spiro atoms. The maximum absolute atomic E-state index is 11.9. The van der Waals surface area contributed by atoms with Gasteiger partial charge in [0.1, 0.15) is 0 Å². The Kier molecular flexibility index (Phi) is 2.66. The van der Waals surface area contributed by atoms with Crippen molar-refractivity contribution in [2.45, 2.75) is 19.3 Å². The monoisotopic (exact) mass is 262 g/mol. The number of rotatable bonds is 4. The molecule has 0 bridgehead atoms. The first-order chi connectivity index (χ1) is 9.06. The number of hydrogen-bond donors (Lipinski definition) is 2. The SMILES string of the molecule is O=C(Nc1ccc(O)c([N+](=O)[O-])c1)[C@H]1C[C@@H]1C1CC1. The molecule has 3 rings (SSSR count). The molecule has 2 N–H and O–H groups in total. The standard InChI is InChI=1S/C13H14N2O4/c16-12-4-3-8(5-11(12)15(18)19)14-13(17)10-6-9(10)7-1-2-7/h3-5,7,9-10,16H,1-2,6H2,(H,14,17)/t9-,10+/m1/s1. The van der Waals surface area contributed by atoms with Crippen LogP contribution in [0.4, 0.5) is 11.4 Å². The van der Waals surface area contributed by atoms with E-state index >= 15 is 0 Å². The third-order valence-corrected chi connectivity index (χ3v) is 3.84. The van der Waals surface area contributed by atoms with Crippen LogP contribution in [-0.4, -0.2) is 15.9 Å². The molecule has 2 aliphatic rings. The van der Waals surface area contributed by atoms with Crippen molar-refractivity contribution >= 4 is 17.3 Å². The van der Waals surface area contributed by atoms with Gasteiger partial charge >= 0.3 is 5.69 Å². The molecule has 1 amide bonds. The number of amides is 1. The average molecular weight is 262 g/mol. The quantitative estimate of drug-likeness (QED) is 0.494. The number of nitro groups is 1. The first kappa shape index (κ1) is 12.0. The fraction of sp³-hybridized carbons (Fsp3) is 0.462. The molecule has 0 radical (unpaired) electrons. The molecule has 0 aromatic heterocycles. The summed E-state index contributed by atoms with van der Waals surface area (Å²) >= 11 is 0. The van der Waals surface area contributed by atoms with Gasteiger partial charge in [-0.15, -0.1) is 0 Å². The Morgan fingerprint density at radius 3 is 2.79 bits per heavy atom. The number of phenols is 1. The van der Waals surface area contributed by atoms with Gasteiger partial charge in [0, 0.05) is 17.7 Å². The largest absolute Gasteiger partial charge is 0.502 e. The lowest BCUT2D eigenvalue weighted by molar-refractivity contribution is -0.385. The molecular weight excluding hydrogens is 248 g/mol. The summed E-state index contributed by atoms with van der Waals surface area (Å²) in [6, 6.07) is 3.87. The number of aromatic hydroxyl groups is 1. The molecule has 2 fully saturated rings. The van der Waals surface area contributed by atoms with Gasteiger partial charge in [0.15, 0.2) is 5.75 Å². The summed E-state index contributed by atoms with van der Waals surface area (Å²) in [4.78, 5) is 22.0. The van der Waals surface area contributed by atoms with Crippen molar-refractivity contribution < 1.29 is 14.8 Å². The van der Waals surface area contributed by atoms with Crippen molar-refractivity contribution in [3.63, 3.8) is 0 Å². The summed E-state index contributed by atoms with van der Waals surface area (Å²) in [5.74, 6) is 0.805. The first-order valence-corrected chi connectivity index (χ1v) is 6.34. The van der Waals surface area contributed by atoms with Gasteiger partial charge in [-0.1, -0.05) is 0 Å². The minimum absolute atomic E-state index is 0.0559. The van der Waals surface area contributed by atoms with E-state index in [-0.39, 0.29) is 11.8 Å². The summed E-state index contributed by atoms with van der Waals surface area (Å²) in [6.07, 6.45) is 3.37. The number of benzene rings is 1. The van der Waals surface area contributed by atoms with Crippen molar-refractivity contribution in [1.29, 1.82) is 0 Å². The maximum Gasteiger partial charge on any atom is 0.312 e. The number of carbonyl (C=O) groups excluding carboxylic acids is 1. The van der Waals surface area contributed by atoms with Gasteiger partial charge in [-0.05, 0) is 43.2 Å². The zero-order valence-corrected chi connectivity index (χ0v) is 10.2. The molecular formula is C13H14N2O4. The lowest BCUT2D eigenvalue weighted by Gasteiger charge is -2.05. The van der Waals surface area contributed by atoms with E-state index in [2.05, 4.69) is 5.32 Å². The van der Waals surface area contributed by atoms with Crippen molar-refractivity contribution in [3.05, 3.63) is 28.3 Å². The topological polar surface area (TPSA) is 92.5 Å². The Morgan fingerprint density at radius 2 is 2.16 bits per heavy atom. The van der Waals surface area contributed by atoms with Crippen molar-refractivity contribution in [2.75, 3.05) is 5.32 Å². The maximum atomic E-state index is 11.9. The van der Waals surface area contributed by atoms with Gasteiger partial charge in [-0.25, -0.2) is 0 Å². The normalized spacial score (nSPS) is 24.8. The van der Waals surface area contributed by atoms with E-state index in [1.165, 1.54) is 31.0 Å². The minimum Gasteiger partial charge on any atom is -0.502 e. The molecule has 2 atom stereocenters. The van der Waals surface area contributed by atoms with Crippen LogP contribution in [0.15, 0.2) is 18.2 Å². The number of anilines is 1. The third kappa shape index (κ3) is 2.38. The summed E-state index contributed by atoms with van der Waals surface area (Å²) in [6.45, 7) is 0. The van der Waals surface area contributed by atoms with Gasteiger partial charge in [0.05, 0.1) is 4.92 Å². The molecule has 6 nitrogen and oxygen atoms in total. The fourth-order valence-corrected chi connectivity index (χ4v) is 2.54. The van der Waals surface area contributed by atoms with E-state index in [0.29, 0.717) is 17.5 Å². The van der Waals surface area contributed by atoms with E-state index in [0.717, 1.165) is 6.42 Å². The molecule has 100 valence electrons. The molecule has 0 unspecified atom stereocenters. The van der Waals surface area contributed by atoms with Crippen LogP contribution in [-0.2, 0) is 4.79 Å². The Balaban J connectivity index is 1.68. The summed E-state index contributed by atoms with van der Waals surface area (Å²) in [7, 11) is 0. The van der Waals surface area contributed by atoms with Crippen LogP contribution in [0.1, 0.15) is 19.3 Å². The van der Waals surface area contributed by atoms with Crippen LogP contribution in [0.3, 0.4) is 0 Å². The number of carbonyl (C=O) groups is 1. The second-order valence-electron chi connectivity index (χ2n) is 5.29. The van der Waals surface area contributed by atoms with Gasteiger partial charge in [0.2, 0.25) is 5.91 Å². The van der Waals surface area contributed by atoms with Gasteiger partial charge in [-0.3, -0.25) is 14.9 Å². The predicted octanol–water partition coefficient (Wildman–Crippen LogP) is 2.29. The number of nitrogens with one attached hydrogen (secondary N) is 1. The molecule has 0 heterocycles. The Labute approximate surface area is 109 Å². The highest BCUT2D eigenvalue weighted by molar-refractivity contribution is 5.94. The van der Waals surface area contributed by atoms with Crippen LogP contribution >= 0.6 is 0 Å². The smallest absolute Gasteiger partial charge is 0.312 e. The summed E-state index contributed by atoms with van der Waals surface area (Å²) in [5.41, 5.74) is -0.0386. The zero-order valence-electron chi connectivity index (χ0n) is 10.2. The molecule has 1 aromatic carbocycles. The van der Waals surface area contributed by atoms with Crippen LogP contribution < -0.4 is 5.32 Å². The minimum atomic E-state index is -0.672. The summed E-state index contributed by atoms with van der Waals surface area (Å²) in [5, 5.41) is 22.7. The number of phenolic OH excluding ortho intramolecular Hbond substituents is 1. The molecule has 19 heavy (non-hydrogen) atoms. The van der Waals surface area contributed by atoms with E-state index in [1.54, 1.807) is 0 Å². The Bertz CT molecular complexity index is 554. The summed E-state index contributed by atoms with van der Waals surface area (Å²) < 4.78 is 0. The lowest BCUT2D eigenvalue weighted by atomic mass is 10.2. The number of hydrogen-bond acceptors (Lipinski definition) is 4. The van der Waals surface area contributed by atoms with E-state index in [1.807, 2.05) is 0 Å². The molecule has 2 aliphatic carbocycles. The molecule has 6 heteroatoms. The van der Waals surface area contributed by atoms with E-state index in [4.69, 9.17) is 0 Å². The average Bonchev–Trinajstić information content (AvgIpc) is 3.23. The Hall–Kier alpha value is -2.11. The van der Waals surface area contributed by atoms with E-state index < -0.39 is 16.4 Å². The highest BCUT2D eigenvalue weighted by Gasteiger charge is 2.51. The Morgan fingerprint density at radius 1 is 1.42 bits per heavy atom. The molecule has 0 saturated heterocycles. The molecule has 1 aromatic rings. The number of nitrogens with zero attached hydrogens (tertiary/aromatic N) is 1. The third-order valence-electron chi connectivity index (χ3n) is 3.84. The first-order valence-electron chi connectivity index (χ1n) is 6.34. The van der Waals surface area contributed by atoms with Crippen LogP contribution in [0, 0.1) is 27.9 Å². The lowest BCUT2D eigenvalue weighted by Crippen LogP contribution is -2.15. The van der Waals surface area contributed by atoms with Gasteiger partial charge in [-0.2, -0.15) is 0 Å². The van der Waals surface area contributed by atoms with Crippen LogP contribution in [0.5, 0.6) is 5.75 Å². The second kappa shape index (κ2) is 4.22. The second-order valence-corrected chi connectivity index (χ2v) is 5.29. The molecule has 0 aliphatic heterocycles. The molecule has 2 saturated carbocycles. The highest BCUT2D eigenvalue weighted by atomic mass is 16.6. The fourth-order valence-electron chi connectivity index (χ4n) is 2.54. The highest BCUT2D eigenvalue weighted by Crippen LogP contribution is 2.54. The van der Waals surface area contributed by atoms with Crippen LogP contribution in [0.25, 0.3) is 0 Å². The van der Waals surface area contributed by atoms with Crippen molar-refractivity contribution in [1.82, 2.24) is 0 Å².